The van der Waals surface area contributed by atoms with Crippen molar-refractivity contribution in [2.24, 2.45) is 16.6 Å². The van der Waals surface area contributed by atoms with Crippen LogP contribution in [0.2, 0.25) is 0 Å². The summed E-state index contributed by atoms with van der Waals surface area (Å²) < 4.78 is 0. The van der Waals surface area contributed by atoms with E-state index >= 15 is 0 Å². The van der Waals surface area contributed by atoms with Gasteiger partial charge >= 0.3 is 0 Å². The molecule has 1 heterocycles. The first-order valence-electron chi connectivity index (χ1n) is 5.82. The van der Waals surface area contributed by atoms with Crippen molar-refractivity contribution in [2.45, 2.75) is 13.8 Å². The van der Waals surface area contributed by atoms with E-state index in [1.807, 2.05) is 24.3 Å². The van der Waals surface area contributed by atoms with E-state index in [0.717, 1.165) is 23.0 Å². The highest BCUT2D eigenvalue weighted by Gasteiger charge is 2.05. The fraction of sp³-hybridized carbons (Fsp3) is 0.286. The Morgan fingerprint density at radius 1 is 1.29 bits per heavy atom. The summed E-state index contributed by atoms with van der Waals surface area (Å²) in [5.41, 5.74) is 6.78. The van der Waals surface area contributed by atoms with Crippen molar-refractivity contribution in [3.05, 3.63) is 42.2 Å². The number of nitrogens with zero attached hydrogens (tertiary/aromatic N) is 2. The molecule has 17 heavy (non-hydrogen) atoms. The molecule has 1 aromatic heterocycles. The van der Waals surface area contributed by atoms with Gasteiger partial charge in [0.25, 0.3) is 0 Å². The highest BCUT2D eigenvalue weighted by molar-refractivity contribution is 6.07. The van der Waals surface area contributed by atoms with Gasteiger partial charge in [0, 0.05) is 18.1 Å². The molecular formula is C14H17N3. The fourth-order valence-corrected chi connectivity index (χ4v) is 1.68. The summed E-state index contributed by atoms with van der Waals surface area (Å²) in [7, 11) is 0. The minimum Gasteiger partial charge on any atom is -0.382 e. The number of fused-ring (bicyclic) bond motifs is 1. The van der Waals surface area contributed by atoms with Crippen LogP contribution >= 0.6 is 0 Å². The Balaban J connectivity index is 2.45. The average Bonchev–Trinajstić information content (AvgIpc) is 2.35. The van der Waals surface area contributed by atoms with E-state index < -0.39 is 0 Å². The van der Waals surface area contributed by atoms with Gasteiger partial charge in [0.2, 0.25) is 0 Å². The van der Waals surface area contributed by atoms with Crippen molar-refractivity contribution < 1.29 is 0 Å². The number of nitrogens with two attached hydrogens (primary N) is 1. The second-order valence-electron chi connectivity index (χ2n) is 4.50. The molecule has 88 valence electrons. The van der Waals surface area contributed by atoms with Crippen molar-refractivity contribution >= 4 is 16.6 Å². The quantitative estimate of drug-likeness (QED) is 0.647. The van der Waals surface area contributed by atoms with Crippen molar-refractivity contribution in [1.82, 2.24) is 4.98 Å². The Morgan fingerprint density at radius 3 is 2.82 bits per heavy atom. The molecule has 2 aromatic rings. The number of pyridine rings is 1. The molecule has 1 aromatic carbocycles. The van der Waals surface area contributed by atoms with Gasteiger partial charge < -0.3 is 5.73 Å². The maximum absolute atomic E-state index is 6.00. The van der Waals surface area contributed by atoms with Gasteiger partial charge in [-0.15, -0.1) is 0 Å². The molecule has 0 saturated heterocycles. The number of rotatable bonds is 3. The van der Waals surface area contributed by atoms with Crippen LogP contribution in [0.3, 0.4) is 0 Å². The first-order chi connectivity index (χ1) is 8.18. The summed E-state index contributed by atoms with van der Waals surface area (Å²) in [6.45, 7) is 4.97. The summed E-state index contributed by atoms with van der Waals surface area (Å²) in [6, 6.07) is 10.1. The zero-order valence-corrected chi connectivity index (χ0v) is 10.2. The number of benzene rings is 1. The van der Waals surface area contributed by atoms with Crippen molar-refractivity contribution in [1.29, 1.82) is 0 Å². The minimum absolute atomic E-state index is 0.503. The maximum atomic E-state index is 6.00. The summed E-state index contributed by atoms with van der Waals surface area (Å²) in [4.78, 5) is 8.70. The van der Waals surface area contributed by atoms with Gasteiger partial charge in [0.1, 0.15) is 11.5 Å². The molecule has 3 heteroatoms. The first-order valence-corrected chi connectivity index (χ1v) is 5.82. The van der Waals surface area contributed by atoms with Crippen LogP contribution < -0.4 is 5.73 Å². The van der Waals surface area contributed by atoms with Crippen LogP contribution in [0.5, 0.6) is 0 Å². The smallest absolute Gasteiger partial charge is 0.145 e. The Morgan fingerprint density at radius 2 is 2.06 bits per heavy atom. The monoisotopic (exact) mass is 227 g/mol. The van der Waals surface area contributed by atoms with E-state index in [-0.39, 0.29) is 0 Å². The lowest BCUT2D eigenvalue weighted by molar-refractivity contribution is 0.665. The van der Waals surface area contributed by atoms with Gasteiger partial charge in [-0.05, 0) is 17.4 Å². The summed E-state index contributed by atoms with van der Waals surface area (Å²) in [5.74, 6) is 1.03. The van der Waals surface area contributed by atoms with Crippen LogP contribution in [0.4, 0.5) is 0 Å². The third-order valence-electron chi connectivity index (χ3n) is 2.54. The third-order valence-corrected chi connectivity index (χ3v) is 2.54. The van der Waals surface area contributed by atoms with E-state index in [4.69, 9.17) is 5.73 Å². The molecule has 0 bridgehead atoms. The van der Waals surface area contributed by atoms with Crippen LogP contribution in [-0.2, 0) is 0 Å². The van der Waals surface area contributed by atoms with Crippen LogP contribution in [0.25, 0.3) is 10.8 Å². The Hall–Kier alpha value is -1.90. The number of aromatic nitrogens is 1. The molecule has 0 aliphatic heterocycles. The number of hydrogen-bond donors (Lipinski definition) is 1. The Kier molecular flexibility index (Phi) is 3.38. The number of hydrogen-bond acceptors (Lipinski definition) is 2. The standard InChI is InChI=1S/C14H17N3/c1-10(2)9-17-14(15)13-12-6-4-3-5-11(12)7-8-16-13/h3-8,10H,9H2,1-2H3,(H2,15,17). The topological polar surface area (TPSA) is 51.3 Å². The SMILES string of the molecule is CC(C)CN=C(N)c1nccc2ccccc12. The zero-order valence-electron chi connectivity index (χ0n) is 10.2. The van der Waals surface area contributed by atoms with Gasteiger partial charge in [-0.25, -0.2) is 0 Å². The molecule has 2 N–H and O–H groups in total. The van der Waals surface area contributed by atoms with E-state index in [9.17, 15) is 0 Å². The molecule has 0 amide bonds. The lowest BCUT2D eigenvalue weighted by Gasteiger charge is -2.06. The molecule has 0 unspecified atom stereocenters. The summed E-state index contributed by atoms with van der Waals surface area (Å²) >= 11 is 0. The fourth-order valence-electron chi connectivity index (χ4n) is 1.68. The third kappa shape index (κ3) is 2.61. The summed E-state index contributed by atoms with van der Waals surface area (Å²) in [6.07, 6.45) is 1.77. The van der Waals surface area contributed by atoms with Crippen LogP contribution in [0.15, 0.2) is 41.5 Å². The van der Waals surface area contributed by atoms with E-state index in [2.05, 4.69) is 29.9 Å². The molecule has 3 nitrogen and oxygen atoms in total. The Labute approximate surface area is 101 Å². The van der Waals surface area contributed by atoms with E-state index in [0.29, 0.717) is 11.8 Å². The van der Waals surface area contributed by atoms with Crippen molar-refractivity contribution in [3.63, 3.8) is 0 Å². The van der Waals surface area contributed by atoms with Crippen LogP contribution in [0.1, 0.15) is 19.5 Å². The zero-order chi connectivity index (χ0) is 12.3. The molecule has 0 fully saturated rings. The lowest BCUT2D eigenvalue weighted by Crippen LogP contribution is -2.17. The van der Waals surface area contributed by atoms with Gasteiger partial charge in [-0.1, -0.05) is 38.1 Å². The molecule has 0 aliphatic rings. The minimum atomic E-state index is 0.503. The molecule has 0 atom stereocenters. The predicted octanol–water partition coefficient (Wildman–Crippen LogP) is 2.60. The lowest BCUT2D eigenvalue weighted by atomic mass is 10.1. The Bertz CT molecular complexity index is 539. The van der Waals surface area contributed by atoms with Gasteiger partial charge in [0.15, 0.2) is 0 Å². The summed E-state index contributed by atoms with van der Waals surface area (Å²) in [5, 5.41) is 2.19. The van der Waals surface area contributed by atoms with Crippen LogP contribution in [-0.4, -0.2) is 17.4 Å². The predicted molar refractivity (Wildman–Crippen MR) is 72.2 cm³/mol. The van der Waals surface area contributed by atoms with Gasteiger partial charge in [0.05, 0.1) is 0 Å². The molecule has 2 rings (SSSR count). The van der Waals surface area contributed by atoms with Crippen molar-refractivity contribution in [3.8, 4) is 0 Å². The number of amidine groups is 1. The molecular weight excluding hydrogens is 210 g/mol. The first kappa shape index (κ1) is 11.6. The number of aliphatic imine (C=N–C) groups is 1. The van der Waals surface area contributed by atoms with Crippen molar-refractivity contribution in [2.75, 3.05) is 6.54 Å². The molecule has 0 saturated carbocycles. The highest BCUT2D eigenvalue weighted by Crippen LogP contribution is 2.16. The van der Waals surface area contributed by atoms with E-state index in [1.165, 1.54) is 0 Å². The average molecular weight is 227 g/mol. The molecule has 0 radical (unpaired) electrons. The molecule has 0 spiro atoms. The largest absolute Gasteiger partial charge is 0.382 e. The van der Waals surface area contributed by atoms with Gasteiger partial charge in [-0.2, -0.15) is 0 Å². The second-order valence-corrected chi connectivity index (χ2v) is 4.50. The maximum Gasteiger partial charge on any atom is 0.145 e. The highest BCUT2D eigenvalue weighted by atomic mass is 14.9. The van der Waals surface area contributed by atoms with E-state index in [1.54, 1.807) is 6.20 Å². The second kappa shape index (κ2) is 4.95. The molecule has 0 aliphatic carbocycles. The van der Waals surface area contributed by atoms with Gasteiger partial charge in [-0.3, -0.25) is 9.98 Å². The normalized spacial score (nSPS) is 12.3. The van der Waals surface area contributed by atoms with Crippen LogP contribution in [0, 0.1) is 5.92 Å².